The minimum absolute atomic E-state index is 0.0967. The van der Waals surface area contributed by atoms with Gasteiger partial charge < -0.3 is 14.9 Å². The van der Waals surface area contributed by atoms with Crippen molar-refractivity contribution in [2.45, 2.75) is 51.9 Å². The van der Waals surface area contributed by atoms with Gasteiger partial charge in [0.2, 0.25) is 5.95 Å². The number of rotatable bonds is 12. The molecule has 38 heavy (non-hydrogen) atoms. The van der Waals surface area contributed by atoms with Crippen molar-refractivity contribution in [2.75, 3.05) is 31.1 Å². The maximum atomic E-state index is 13.6. The molecular weight excluding hydrogens is 476 g/mol. The lowest BCUT2D eigenvalue weighted by Gasteiger charge is -2.32. The van der Waals surface area contributed by atoms with Crippen molar-refractivity contribution in [3.05, 3.63) is 89.2 Å². The lowest BCUT2D eigenvalue weighted by molar-refractivity contribution is -0.137. The third-order valence-electron chi connectivity index (χ3n) is 7.23. The van der Waals surface area contributed by atoms with Gasteiger partial charge in [-0.25, -0.2) is 9.97 Å². The number of piperidine rings is 1. The second-order valence-corrected chi connectivity index (χ2v) is 10.1. The summed E-state index contributed by atoms with van der Waals surface area (Å²) in [5.41, 5.74) is 3.72. The highest BCUT2D eigenvalue weighted by molar-refractivity contribution is 5.95. The van der Waals surface area contributed by atoms with Gasteiger partial charge in [0.1, 0.15) is 0 Å². The van der Waals surface area contributed by atoms with Crippen molar-refractivity contribution < 1.29 is 14.7 Å². The van der Waals surface area contributed by atoms with Crippen LogP contribution in [0.1, 0.15) is 59.8 Å². The summed E-state index contributed by atoms with van der Waals surface area (Å²) in [5.74, 6) is 0.221. The van der Waals surface area contributed by atoms with Gasteiger partial charge in [-0.1, -0.05) is 74.0 Å². The van der Waals surface area contributed by atoms with E-state index in [-0.39, 0.29) is 18.9 Å². The van der Waals surface area contributed by atoms with Crippen LogP contribution in [0.25, 0.3) is 0 Å². The summed E-state index contributed by atoms with van der Waals surface area (Å²) in [6, 6.07) is 20.6. The molecule has 200 valence electrons. The molecular formula is C31H38N4O3. The van der Waals surface area contributed by atoms with E-state index < -0.39 is 5.97 Å². The number of carboxylic acids is 1. The fraction of sp³-hybridized carbons (Fsp3) is 0.419. The Balaban J connectivity index is 1.45. The van der Waals surface area contributed by atoms with E-state index in [1.54, 1.807) is 11.1 Å². The molecule has 0 unspecified atom stereocenters. The first-order valence-electron chi connectivity index (χ1n) is 13.7. The van der Waals surface area contributed by atoms with Crippen molar-refractivity contribution in [1.82, 2.24) is 14.9 Å². The molecule has 0 radical (unpaired) electrons. The van der Waals surface area contributed by atoms with E-state index in [2.05, 4.69) is 47.1 Å². The van der Waals surface area contributed by atoms with Gasteiger partial charge >= 0.3 is 5.97 Å². The molecule has 1 fully saturated rings. The van der Waals surface area contributed by atoms with Crippen LogP contribution in [0, 0.1) is 5.92 Å². The van der Waals surface area contributed by atoms with E-state index in [9.17, 15) is 14.7 Å². The highest BCUT2D eigenvalue weighted by atomic mass is 16.4. The Morgan fingerprint density at radius 2 is 1.61 bits per heavy atom. The van der Waals surface area contributed by atoms with E-state index >= 15 is 0 Å². The quantitative estimate of drug-likeness (QED) is 0.364. The lowest BCUT2D eigenvalue weighted by atomic mass is 9.90. The number of aliphatic carboxylic acids is 1. The van der Waals surface area contributed by atoms with Crippen LogP contribution in [0.3, 0.4) is 0 Å². The van der Waals surface area contributed by atoms with Crippen molar-refractivity contribution in [3.8, 4) is 0 Å². The summed E-state index contributed by atoms with van der Waals surface area (Å²) in [7, 11) is 0. The molecule has 1 saturated heterocycles. The number of hydrogen-bond acceptors (Lipinski definition) is 5. The molecule has 4 rings (SSSR count). The lowest BCUT2D eigenvalue weighted by Crippen LogP contribution is -2.37. The Bertz CT molecular complexity index is 1180. The highest BCUT2D eigenvalue weighted by Crippen LogP contribution is 2.25. The first-order valence-corrected chi connectivity index (χ1v) is 13.7. The molecule has 0 aliphatic carbocycles. The van der Waals surface area contributed by atoms with Crippen LogP contribution in [-0.2, 0) is 24.1 Å². The number of hydrogen-bond donors (Lipinski definition) is 1. The summed E-state index contributed by atoms with van der Waals surface area (Å²) in [4.78, 5) is 38.2. The summed E-state index contributed by atoms with van der Waals surface area (Å²) in [5, 5.41) is 9.25. The van der Waals surface area contributed by atoms with Gasteiger partial charge in [0.15, 0.2) is 0 Å². The van der Waals surface area contributed by atoms with Gasteiger partial charge in [-0.05, 0) is 49.1 Å². The molecule has 0 spiro atoms. The fourth-order valence-electron chi connectivity index (χ4n) is 5.07. The normalized spacial score (nSPS) is 13.9. The molecule has 2 aromatic carbocycles. The standard InChI is InChI=1S/C31H38N4O3/c1-2-9-28-27(30(38)34(21-17-29(36)37)18-14-24-10-5-3-6-11-24)23-32-31(33-28)35-19-15-26(16-20-35)22-25-12-7-4-8-13-25/h3-8,10-13,23,26H,2,9,14-22H2,1H3,(H,36,37). The molecule has 0 saturated carbocycles. The average Bonchev–Trinajstić information content (AvgIpc) is 2.94. The smallest absolute Gasteiger partial charge is 0.305 e. The number of carboxylic acid groups (broad SMARTS) is 1. The maximum Gasteiger partial charge on any atom is 0.305 e. The first kappa shape index (κ1) is 27.3. The third kappa shape index (κ3) is 7.63. The van der Waals surface area contributed by atoms with Gasteiger partial charge in [0, 0.05) is 32.4 Å². The van der Waals surface area contributed by atoms with Crippen LogP contribution in [-0.4, -0.2) is 58.0 Å². The molecule has 1 aliphatic rings. The molecule has 0 bridgehead atoms. The van der Waals surface area contributed by atoms with Crippen molar-refractivity contribution in [3.63, 3.8) is 0 Å². The van der Waals surface area contributed by atoms with Crippen molar-refractivity contribution >= 4 is 17.8 Å². The van der Waals surface area contributed by atoms with Crippen LogP contribution in [0.2, 0.25) is 0 Å². The minimum atomic E-state index is -0.918. The van der Waals surface area contributed by atoms with E-state index in [1.165, 1.54) is 5.56 Å². The minimum Gasteiger partial charge on any atom is -0.481 e. The molecule has 1 aliphatic heterocycles. The number of nitrogens with zero attached hydrogens (tertiary/aromatic N) is 4. The molecule has 3 aromatic rings. The predicted octanol–water partition coefficient (Wildman–Crippen LogP) is 5.05. The van der Waals surface area contributed by atoms with Gasteiger partial charge in [0.25, 0.3) is 5.91 Å². The maximum absolute atomic E-state index is 13.6. The highest BCUT2D eigenvalue weighted by Gasteiger charge is 2.25. The monoisotopic (exact) mass is 514 g/mol. The Labute approximate surface area is 225 Å². The topological polar surface area (TPSA) is 86.6 Å². The second-order valence-electron chi connectivity index (χ2n) is 10.1. The van der Waals surface area contributed by atoms with Gasteiger partial charge in [0.05, 0.1) is 17.7 Å². The number of carbonyl (C=O) groups is 2. The zero-order valence-electron chi connectivity index (χ0n) is 22.3. The number of aryl methyl sites for hydroxylation is 1. The summed E-state index contributed by atoms with van der Waals surface area (Å²) < 4.78 is 0. The van der Waals surface area contributed by atoms with Crippen LogP contribution in [0.15, 0.2) is 66.9 Å². The van der Waals surface area contributed by atoms with E-state index in [1.807, 2.05) is 30.3 Å². The SMILES string of the molecule is CCCc1nc(N2CCC(Cc3ccccc3)CC2)ncc1C(=O)N(CCC(=O)O)CCc1ccccc1. The number of benzene rings is 2. The van der Waals surface area contributed by atoms with Crippen LogP contribution < -0.4 is 4.90 Å². The summed E-state index contributed by atoms with van der Waals surface area (Å²) in [6.07, 6.45) is 7.02. The molecule has 1 aromatic heterocycles. The zero-order valence-corrected chi connectivity index (χ0v) is 22.3. The fourth-order valence-corrected chi connectivity index (χ4v) is 5.07. The molecule has 7 heteroatoms. The Morgan fingerprint density at radius 1 is 0.947 bits per heavy atom. The third-order valence-corrected chi connectivity index (χ3v) is 7.23. The predicted molar refractivity (Wildman–Crippen MR) is 149 cm³/mol. The van der Waals surface area contributed by atoms with E-state index in [0.29, 0.717) is 36.8 Å². The molecule has 1 N–H and O–H groups in total. The molecule has 1 amide bonds. The average molecular weight is 515 g/mol. The zero-order chi connectivity index (χ0) is 26.7. The van der Waals surface area contributed by atoms with E-state index in [0.717, 1.165) is 50.0 Å². The largest absolute Gasteiger partial charge is 0.481 e. The molecule has 7 nitrogen and oxygen atoms in total. The second kappa shape index (κ2) is 13.7. The van der Waals surface area contributed by atoms with Gasteiger partial charge in [-0.3, -0.25) is 9.59 Å². The Morgan fingerprint density at radius 3 is 2.24 bits per heavy atom. The summed E-state index contributed by atoms with van der Waals surface area (Å²) >= 11 is 0. The summed E-state index contributed by atoms with van der Waals surface area (Å²) in [6.45, 7) is 4.47. The number of anilines is 1. The Kier molecular flexibility index (Phi) is 9.84. The number of carbonyl (C=O) groups excluding carboxylic acids is 1. The number of amides is 1. The van der Waals surface area contributed by atoms with Crippen molar-refractivity contribution in [1.29, 1.82) is 0 Å². The molecule has 2 heterocycles. The van der Waals surface area contributed by atoms with Crippen molar-refractivity contribution in [2.24, 2.45) is 5.92 Å². The van der Waals surface area contributed by atoms with Gasteiger partial charge in [-0.15, -0.1) is 0 Å². The Hall–Kier alpha value is -3.74. The first-order chi connectivity index (χ1) is 18.5. The van der Waals surface area contributed by atoms with Crippen LogP contribution in [0.5, 0.6) is 0 Å². The van der Waals surface area contributed by atoms with Crippen LogP contribution in [0.4, 0.5) is 5.95 Å². The molecule has 0 atom stereocenters. The van der Waals surface area contributed by atoms with Gasteiger partial charge in [-0.2, -0.15) is 0 Å². The number of aromatic nitrogens is 2. The van der Waals surface area contributed by atoms with E-state index in [4.69, 9.17) is 4.98 Å². The van der Waals surface area contributed by atoms with Crippen LogP contribution >= 0.6 is 0 Å².